The number of carbonyl (C=O) groups is 3. The van der Waals surface area contributed by atoms with Gasteiger partial charge in [0, 0.05) is 81.6 Å². The summed E-state index contributed by atoms with van der Waals surface area (Å²) < 4.78 is 7.98. The summed E-state index contributed by atoms with van der Waals surface area (Å²) in [6.07, 6.45) is 10.9. The number of hydrogen-bond acceptors (Lipinski definition) is 13. The summed E-state index contributed by atoms with van der Waals surface area (Å²) in [7, 11) is 0. The number of nitrogens with one attached hydrogen (secondary N) is 2. The van der Waals surface area contributed by atoms with Crippen LogP contribution in [0.25, 0.3) is 11.0 Å². The first-order chi connectivity index (χ1) is 29.2. The van der Waals surface area contributed by atoms with E-state index in [1.807, 2.05) is 24.4 Å². The second-order valence-corrected chi connectivity index (χ2v) is 17.2. The number of piperidine rings is 2. The number of Topliss-reactive ketones (excluding diaryl/α,β-unsaturated/α-hetero) is 1. The molecule has 60 heavy (non-hydrogen) atoms. The van der Waals surface area contributed by atoms with Crippen LogP contribution in [-0.4, -0.2) is 125 Å². The number of morpholine rings is 1. The van der Waals surface area contributed by atoms with Crippen LogP contribution < -0.4 is 26.0 Å². The van der Waals surface area contributed by atoms with Crippen LogP contribution in [0.1, 0.15) is 91.7 Å². The van der Waals surface area contributed by atoms with Crippen molar-refractivity contribution in [3.8, 4) is 0 Å². The summed E-state index contributed by atoms with van der Waals surface area (Å²) in [4.78, 5) is 74.1. The normalized spacial score (nSPS) is 22.7. The number of fused-ring (bicyclic) bond motifs is 1. The number of pyridine rings is 2. The molecule has 2 N–H and O–H groups in total. The van der Waals surface area contributed by atoms with E-state index in [0.29, 0.717) is 48.5 Å². The number of nitrogens with zero attached hydrogens (tertiary/aromatic N) is 8. The number of carbonyl (C=O) groups excluding carboxylic acids is 3. The highest BCUT2D eigenvalue weighted by atomic mass is 16.5. The second-order valence-electron chi connectivity index (χ2n) is 17.2. The first kappa shape index (κ1) is 40.2. The van der Waals surface area contributed by atoms with Gasteiger partial charge in [0.2, 0.25) is 17.8 Å². The Labute approximate surface area is 350 Å². The quantitative estimate of drug-likeness (QED) is 0.170. The van der Waals surface area contributed by atoms with Crippen LogP contribution in [0.2, 0.25) is 0 Å². The van der Waals surface area contributed by atoms with E-state index >= 15 is 0 Å². The molecule has 316 valence electrons. The topological polar surface area (TPSA) is 158 Å². The number of amides is 2. The van der Waals surface area contributed by atoms with E-state index in [-0.39, 0.29) is 46.8 Å². The number of hydrogen-bond donors (Lipinski definition) is 2. The third-order valence-electron chi connectivity index (χ3n) is 13.5. The fraction of sp³-hybridized carbons (Fsp3) is 0.533. The van der Waals surface area contributed by atoms with Gasteiger partial charge in [0.05, 0.1) is 36.1 Å². The third kappa shape index (κ3) is 8.39. The molecule has 4 aliphatic heterocycles. The number of imide groups is 1. The average Bonchev–Trinajstić information content (AvgIpc) is 3.79. The number of aromatic nitrogens is 4. The van der Waals surface area contributed by atoms with Crippen LogP contribution in [0.4, 0.5) is 23.1 Å². The molecular formula is C45H56N10O5. The first-order valence-electron chi connectivity index (χ1n) is 21.9. The van der Waals surface area contributed by atoms with E-state index in [4.69, 9.17) is 14.7 Å². The predicted octanol–water partition coefficient (Wildman–Crippen LogP) is 4.57. The molecule has 1 unspecified atom stereocenters. The molecule has 0 spiro atoms. The fourth-order valence-electron chi connectivity index (χ4n) is 10.2. The lowest BCUT2D eigenvalue weighted by Gasteiger charge is -2.44. The number of aryl methyl sites for hydroxylation is 1. The van der Waals surface area contributed by atoms with E-state index in [1.165, 1.54) is 6.92 Å². The summed E-state index contributed by atoms with van der Waals surface area (Å²) in [6.45, 7) is 12.6. The maximum atomic E-state index is 13.6. The van der Waals surface area contributed by atoms with Crippen LogP contribution in [0.5, 0.6) is 0 Å². The summed E-state index contributed by atoms with van der Waals surface area (Å²) in [6, 6.07) is 12.9. The van der Waals surface area contributed by atoms with Gasteiger partial charge in [-0.1, -0.05) is 25.0 Å². The standard InChI is InChI=1S/C45H56N10O5/c1-29-38-26-47-45(50-42(38)55(34-5-3-4-6-34)44(59)41(29)30(2)56)48-39-13-11-35(25-46-39)53-21-19-52(20-22-53)33-15-17-51(18-16-33)27-36-28-54(23-24-60-36)32-9-7-31(8-10-32)37-12-14-40(57)49-43(37)58/h7-11,13,25-26,33-34,36-37H,3-6,12,14-24,27-28H2,1-2H3,(H,49,57,58)(H,46,47,48,50)/t36-,37?/m0/s1. The maximum Gasteiger partial charge on any atom is 0.263 e. The van der Waals surface area contributed by atoms with Gasteiger partial charge in [-0.15, -0.1) is 0 Å². The Bertz CT molecular complexity index is 2280. The van der Waals surface area contributed by atoms with Crippen molar-refractivity contribution >= 4 is 51.8 Å². The largest absolute Gasteiger partial charge is 0.373 e. The first-order valence-corrected chi connectivity index (χ1v) is 21.9. The lowest BCUT2D eigenvalue weighted by molar-refractivity contribution is -0.134. The summed E-state index contributed by atoms with van der Waals surface area (Å²) in [5, 5.41) is 6.44. The van der Waals surface area contributed by atoms with Crippen molar-refractivity contribution in [2.24, 2.45) is 0 Å². The van der Waals surface area contributed by atoms with Crippen molar-refractivity contribution in [1.29, 1.82) is 0 Å². The van der Waals surface area contributed by atoms with Gasteiger partial charge in [0.15, 0.2) is 5.78 Å². The highest BCUT2D eigenvalue weighted by Crippen LogP contribution is 2.33. The second kappa shape index (κ2) is 17.4. The number of ketones is 1. The Hall–Kier alpha value is -5.25. The van der Waals surface area contributed by atoms with Crippen molar-refractivity contribution in [3.05, 3.63) is 75.8 Å². The molecule has 0 bridgehead atoms. The van der Waals surface area contributed by atoms with Crippen molar-refractivity contribution in [2.45, 2.75) is 89.3 Å². The van der Waals surface area contributed by atoms with E-state index in [0.717, 1.165) is 120 Å². The highest BCUT2D eigenvalue weighted by Gasteiger charge is 2.32. The molecule has 4 aromatic rings. The number of likely N-dealkylation sites (tertiary alicyclic amines) is 1. The minimum atomic E-state index is -0.263. The molecule has 15 heteroatoms. The summed E-state index contributed by atoms with van der Waals surface area (Å²) in [5.74, 6) is 0.119. The van der Waals surface area contributed by atoms with Crippen LogP contribution in [0.15, 0.2) is 53.6 Å². The molecule has 7 heterocycles. The number of ether oxygens (including phenoxy) is 1. The van der Waals surface area contributed by atoms with Crippen LogP contribution >= 0.6 is 0 Å². The van der Waals surface area contributed by atoms with Gasteiger partial charge >= 0.3 is 0 Å². The molecule has 1 aromatic carbocycles. The molecule has 2 atom stereocenters. The summed E-state index contributed by atoms with van der Waals surface area (Å²) in [5.41, 5.74) is 4.35. The molecule has 5 aliphatic rings. The molecular weight excluding hydrogens is 761 g/mol. The molecule has 4 saturated heterocycles. The molecule has 1 saturated carbocycles. The highest BCUT2D eigenvalue weighted by molar-refractivity contribution is 6.01. The lowest BCUT2D eigenvalue weighted by Crippen LogP contribution is -2.54. The summed E-state index contributed by atoms with van der Waals surface area (Å²) >= 11 is 0. The van der Waals surface area contributed by atoms with Gasteiger partial charge in [-0.25, -0.2) is 9.97 Å². The monoisotopic (exact) mass is 816 g/mol. The maximum absolute atomic E-state index is 13.6. The molecule has 5 fully saturated rings. The SMILES string of the molecule is CC(=O)c1c(C)c2cnc(Nc3ccc(N4CCN(C5CCN(C[C@H]6CN(c7ccc(C8CCC(=O)NC8=O)cc7)CCO6)CC5)CC4)cn3)nc2n(C2CCCC2)c1=O. The van der Waals surface area contributed by atoms with E-state index in [1.54, 1.807) is 17.7 Å². The van der Waals surface area contributed by atoms with Gasteiger partial charge < -0.3 is 24.8 Å². The van der Waals surface area contributed by atoms with Crippen LogP contribution in [0.3, 0.4) is 0 Å². The van der Waals surface area contributed by atoms with Crippen molar-refractivity contribution in [3.63, 3.8) is 0 Å². The van der Waals surface area contributed by atoms with E-state index in [9.17, 15) is 19.2 Å². The molecule has 0 radical (unpaired) electrons. The van der Waals surface area contributed by atoms with Crippen molar-refractivity contribution in [2.75, 3.05) is 80.6 Å². The van der Waals surface area contributed by atoms with Crippen molar-refractivity contribution < 1.29 is 19.1 Å². The van der Waals surface area contributed by atoms with Gasteiger partial charge in [-0.05, 0) is 94.4 Å². The smallest absolute Gasteiger partial charge is 0.263 e. The van der Waals surface area contributed by atoms with E-state index in [2.05, 4.69) is 53.4 Å². The predicted molar refractivity (Wildman–Crippen MR) is 230 cm³/mol. The van der Waals surface area contributed by atoms with E-state index < -0.39 is 0 Å². The van der Waals surface area contributed by atoms with Gasteiger partial charge in [-0.3, -0.25) is 34.0 Å². The molecule has 15 nitrogen and oxygen atoms in total. The number of benzene rings is 1. The number of anilines is 4. The minimum Gasteiger partial charge on any atom is -0.373 e. The average molecular weight is 817 g/mol. The minimum absolute atomic E-state index is 0.0231. The van der Waals surface area contributed by atoms with Gasteiger partial charge in [0.25, 0.3) is 5.56 Å². The Balaban J connectivity index is 0.744. The molecule has 2 amide bonds. The van der Waals surface area contributed by atoms with Crippen molar-refractivity contribution in [1.82, 2.24) is 34.6 Å². The number of rotatable bonds is 10. The van der Waals surface area contributed by atoms with Gasteiger partial charge in [-0.2, -0.15) is 4.98 Å². The Morgan fingerprint density at radius 1 is 0.833 bits per heavy atom. The Morgan fingerprint density at radius 2 is 1.58 bits per heavy atom. The Morgan fingerprint density at radius 3 is 2.28 bits per heavy atom. The molecule has 9 rings (SSSR count). The van der Waals surface area contributed by atoms with Crippen LogP contribution in [-0.2, 0) is 14.3 Å². The lowest BCUT2D eigenvalue weighted by atomic mass is 9.90. The molecule has 1 aliphatic carbocycles. The fourth-order valence-corrected chi connectivity index (χ4v) is 10.2. The van der Waals surface area contributed by atoms with Crippen LogP contribution in [0, 0.1) is 6.92 Å². The third-order valence-corrected chi connectivity index (χ3v) is 13.5. The van der Waals surface area contributed by atoms with Gasteiger partial charge in [0.1, 0.15) is 11.5 Å². The molecule has 3 aromatic heterocycles. The zero-order valence-electron chi connectivity index (χ0n) is 34.8. The zero-order valence-corrected chi connectivity index (χ0v) is 34.8. The zero-order chi connectivity index (χ0) is 41.3. The Kier molecular flexibility index (Phi) is 11.6. The number of piperazine rings is 1.